The first kappa shape index (κ1) is 12.5. The van der Waals surface area contributed by atoms with Crippen LogP contribution in [0.4, 0.5) is 0 Å². The molecule has 2 aliphatic carbocycles. The highest BCUT2D eigenvalue weighted by molar-refractivity contribution is 4.81. The second kappa shape index (κ2) is 5.56. The minimum Gasteiger partial charge on any atom is -0.0622 e. The van der Waals surface area contributed by atoms with Gasteiger partial charge in [0.05, 0.1) is 0 Å². The zero-order valence-corrected chi connectivity index (χ0v) is 11.5. The Morgan fingerprint density at radius 3 is 1.88 bits per heavy atom. The van der Waals surface area contributed by atoms with E-state index in [9.17, 15) is 0 Å². The average Bonchev–Trinajstić information content (AvgIpc) is 2.67. The number of hydrogen-bond acceptors (Lipinski definition) is 0. The summed E-state index contributed by atoms with van der Waals surface area (Å²) in [4.78, 5) is 0. The third-order valence-electron chi connectivity index (χ3n) is 5.74. The Hall–Kier alpha value is 0. The van der Waals surface area contributed by atoms with Gasteiger partial charge in [-0.05, 0) is 36.0 Å². The van der Waals surface area contributed by atoms with Crippen molar-refractivity contribution < 1.29 is 0 Å². The van der Waals surface area contributed by atoms with Gasteiger partial charge < -0.3 is 0 Å². The van der Waals surface area contributed by atoms with Crippen LogP contribution in [-0.2, 0) is 0 Å². The van der Waals surface area contributed by atoms with Crippen molar-refractivity contribution in [3.8, 4) is 0 Å². The number of rotatable bonds is 5. The van der Waals surface area contributed by atoms with Gasteiger partial charge in [-0.1, -0.05) is 65.7 Å². The molecule has 94 valence electrons. The van der Waals surface area contributed by atoms with Crippen LogP contribution in [0, 0.1) is 29.6 Å². The molecule has 0 bridgehead atoms. The summed E-state index contributed by atoms with van der Waals surface area (Å²) in [5, 5.41) is 0. The molecule has 2 aliphatic rings. The first-order chi connectivity index (χ1) is 7.68. The van der Waals surface area contributed by atoms with E-state index in [1.807, 2.05) is 0 Å². The third-order valence-corrected chi connectivity index (χ3v) is 5.74. The van der Waals surface area contributed by atoms with Gasteiger partial charge in [-0.2, -0.15) is 0 Å². The molecular weight excluding hydrogens is 192 g/mol. The van der Waals surface area contributed by atoms with Crippen molar-refractivity contribution in [3.05, 3.63) is 0 Å². The smallest absolute Gasteiger partial charge is 0.0386 e. The summed E-state index contributed by atoms with van der Waals surface area (Å²) in [7, 11) is 0. The second-order valence-electron chi connectivity index (χ2n) is 6.78. The van der Waals surface area contributed by atoms with Gasteiger partial charge in [0.15, 0.2) is 0 Å². The maximum atomic E-state index is 2.51. The van der Waals surface area contributed by atoms with E-state index in [0.29, 0.717) is 0 Å². The monoisotopic (exact) mass is 222 g/mol. The zero-order chi connectivity index (χ0) is 11.5. The van der Waals surface area contributed by atoms with Gasteiger partial charge >= 0.3 is 0 Å². The Balaban J connectivity index is 1.74. The minimum atomic E-state index is 0.959. The van der Waals surface area contributed by atoms with Crippen molar-refractivity contribution in [2.45, 2.75) is 72.1 Å². The lowest BCUT2D eigenvalue weighted by atomic mass is 9.69. The molecule has 0 heterocycles. The molecule has 2 saturated carbocycles. The fraction of sp³-hybridized carbons (Fsp3) is 1.00. The van der Waals surface area contributed by atoms with Crippen molar-refractivity contribution in [1.82, 2.24) is 0 Å². The van der Waals surface area contributed by atoms with Gasteiger partial charge in [0, 0.05) is 0 Å². The quantitative estimate of drug-likeness (QED) is 0.594. The predicted octanol–water partition coefficient (Wildman–Crippen LogP) is 5.28. The summed E-state index contributed by atoms with van der Waals surface area (Å²) in [6.45, 7) is 7.53. The highest BCUT2D eigenvalue weighted by Gasteiger charge is 2.30. The van der Waals surface area contributed by atoms with Crippen molar-refractivity contribution in [2.24, 2.45) is 29.6 Å². The van der Waals surface area contributed by atoms with E-state index in [-0.39, 0.29) is 0 Å². The van der Waals surface area contributed by atoms with E-state index in [4.69, 9.17) is 0 Å². The van der Waals surface area contributed by atoms with Crippen LogP contribution in [0.1, 0.15) is 72.1 Å². The van der Waals surface area contributed by atoms with Crippen molar-refractivity contribution >= 4 is 0 Å². The van der Waals surface area contributed by atoms with Crippen LogP contribution in [0.3, 0.4) is 0 Å². The van der Waals surface area contributed by atoms with Crippen LogP contribution in [0.2, 0.25) is 0 Å². The molecule has 0 radical (unpaired) electrons. The van der Waals surface area contributed by atoms with E-state index >= 15 is 0 Å². The molecule has 0 heteroatoms. The van der Waals surface area contributed by atoms with E-state index in [2.05, 4.69) is 20.8 Å². The van der Waals surface area contributed by atoms with Crippen LogP contribution >= 0.6 is 0 Å². The third kappa shape index (κ3) is 2.81. The normalized spacial score (nSPS) is 28.7. The average molecular weight is 222 g/mol. The fourth-order valence-corrected chi connectivity index (χ4v) is 3.95. The standard InChI is InChI=1S/C16H30/c1-12(14(3)16-9-6-10-16)11-13(2)15-7-4-5-8-15/h12-16H,4-11H2,1-3H3. The summed E-state index contributed by atoms with van der Waals surface area (Å²) < 4.78 is 0. The van der Waals surface area contributed by atoms with Crippen molar-refractivity contribution in [3.63, 3.8) is 0 Å². The molecule has 3 unspecified atom stereocenters. The maximum Gasteiger partial charge on any atom is -0.0386 e. The second-order valence-corrected chi connectivity index (χ2v) is 6.78. The van der Waals surface area contributed by atoms with Crippen molar-refractivity contribution in [1.29, 1.82) is 0 Å². The van der Waals surface area contributed by atoms with Crippen LogP contribution in [0.25, 0.3) is 0 Å². The van der Waals surface area contributed by atoms with Gasteiger partial charge in [-0.15, -0.1) is 0 Å². The van der Waals surface area contributed by atoms with Gasteiger partial charge in [0.2, 0.25) is 0 Å². The fourth-order valence-electron chi connectivity index (χ4n) is 3.95. The highest BCUT2D eigenvalue weighted by atomic mass is 14.4. The largest absolute Gasteiger partial charge is 0.0622 e. The molecule has 0 spiro atoms. The lowest BCUT2D eigenvalue weighted by Gasteiger charge is -2.36. The molecule has 0 aromatic rings. The van der Waals surface area contributed by atoms with E-state index in [0.717, 1.165) is 29.6 Å². The SMILES string of the molecule is CC(CC(C)C(C)C1CCC1)C1CCCC1. The first-order valence-corrected chi connectivity index (χ1v) is 7.68. The molecule has 3 atom stereocenters. The molecule has 0 N–H and O–H groups in total. The van der Waals surface area contributed by atoms with E-state index in [1.165, 1.54) is 51.4 Å². The van der Waals surface area contributed by atoms with Crippen LogP contribution < -0.4 is 0 Å². The van der Waals surface area contributed by atoms with Crippen LogP contribution in [0.5, 0.6) is 0 Å². The Labute approximate surface area is 102 Å². The van der Waals surface area contributed by atoms with Gasteiger partial charge in [0.25, 0.3) is 0 Å². The Morgan fingerprint density at radius 1 is 0.812 bits per heavy atom. The molecule has 0 aliphatic heterocycles. The van der Waals surface area contributed by atoms with Crippen LogP contribution in [-0.4, -0.2) is 0 Å². The first-order valence-electron chi connectivity index (χ1n) is 7.68. The highest BCUT2D eigenvalue weighted by Crippen LogP contribution is 2.41. The molecule has 0 amide bonds. The molecule has 16 heavy (non-hydrogen) atoms. The minimum absolute atomic E-state index is 0.959. The predicted molar refractivity (Wildman–Crippen MR) is 71.4 cm³/mol. The molecule has 2 rings (SSSR count). The summed E-state index contributed by atoms with van der Waals surface area (Å²) in [5.74, 6) is 5.07. The zero-order valence-electron chi connectivity index (χ0n) is 11.5. The lowest BCUT2D eigenvalue weighted by molar-refractivity contribution is 0.142. The summed E-state index contributed by atoms with van der Waals surface area (Å²) >= 11 is 0. The Kier molecular flexibility index (Phi) is 4.33. The van der Waals surface area contributed by atoms with Gasteiger partial charge in [0.1, 0.15) is 0 Å². The number of hydrogen-bond donors (Lipinski definition) is 0. The topological polar surface area (TPSA) is 0 Å². The molecule has 0 nitrogen and oxygen atoms in total. The lowest BCUT2D eigenvalue weighted by Crippen LogP contribution is -2.26. The molecule has 0 aromatic heterocycles. The Morgan fingerprint density at radius 2 is 1.38 bits per heavy atom. The molecule has 0 saturated heterocycles. The molecule has 0 aromatic carbocycles. The van der Waals surface area contributed by atoms with Crippen molar-refractivity contribution in [2.75, 3.05) is 0 Å². The summed E-state index contributed by atoms with van der Waals surface area (Å²) in [6.07, 6.45) is 12.1. The Bertz CT molecular complexity index is 198. The van der Waals surface area contributed by atoms with Gasteiger partial charge in [-0.3, -0.25) is 0 Å². The molecule has 2 fully saturated rings. The summed E-state index contributed by atoms with van der Waals surface area (Å²) in [5.41, 5.74) is 0. The van der Waals surface area contributed by atoms with Crippen LogP contribution in [0.15, 0.2) is 0 Å². The van der Waals surface area contributed by atoms with E-state index in [1.54, 1.807) is 0 Å². The molecular formula is C16H30. The maximum absolute atomic E-state index is 2.51. The summed E-state index contributed by atoms with van der Waals surface area (Å²) in [6, 6.07) is 0. The van der Waals surface area contributed by atoms with Gasteiger partial charge in [-0.25, -0.2) is 0 Å². The van der Waals surface area contributed by atoms with E-state index < -0.39 is 0 Å².